The zero-order valence-corrected chi connectivity index (χ0v) is 23.8. The van der Waals surface area contributed by atoms with Crippen molar-refractivity contribution in [2.24, 2.45) is 0 Å². The predicted molar refractivity (Wildman–Crippen MR) is 150 cm³/mol. The highest BCUT2D eigenvalue weighted by molar-refractivity contribution is 6.04. The van der Waals surface area contributed by atoms with Crippen molar-refractivity contribution in [1.82, 2.24) is 5.32 Å². The van der Waals surface area contributed by atoms with Gasteiger partial charge in [-0.2, -0.15) is 0 Å². The Balaban J connectivity index is 1.79. The monoisotopic (exact) mass is 533 g/mol. The first-order valence-corrected chi connectivity index (χ1v) is 13.7. The fourth-order valence-electron chi connectivity index (χ4n) is 5.43. The smallest absolute Gasteiger partial charge is 0.336 e. The third kappa shape index (κ3) is 5.97. The summed E-state index contributed by atoms with van der Waals surface area (Å²) in [6.07, 6.45) is 2.57. The van der Waals surface area contributed by atoms with Gasteiger partial charge in [-0.3, -0.25) is 4.79 Å². The van der Waals surface area contributed by atoms with Crippen LogP contribution in [0.1, 0.15) is 76.3 Å². The first kappa shape index (κ1) is 28.3. The summed E-state index contributed by atoms with van der Waals surface area (Å²) in [4.78, 5) is 27.5. The van der Waals surface area contributed by atoms with Crippen molar-refractivity contribution >= 4 is 11.8 Å². The molecule has 0 saturated heterocycles. The van der Waals surface area contributed by atoms with E-state index in [0.29, 0.717) is 53.5 Å². The Labute approximate surface area is 231 Å². The van der Waals surface area contributed by atoms with E-state index in [2.05, 4.69) is 12.2 Å². The Morgan fingerprint density at radius 2 is 1.77 bits per heavy atom. The molecule has 208 valence electrons. The topological polar surface area (TPSA) is 83.1 Å². The average molecular weight is 534 g/mol. The summed E-state index contributed by atoms with van der Waals surface area (Å²) in [5, 5.41) is 3.42. The van der Waals surface area contributed by atoms with Crippen molar-refractivity contribution in [2.45, 2.75) is 71.3 Å². The van der Waals surface area contributed by atoms with E-state index in [-0.39, 0.29) is 17.8 Å². The number of esters is 1. The van der Waals surface area contributed by atoms with Gasteiger partial charge >= 0.3 is 5.97 Å². The van der Waals surface area contributed by atoms with Crippen LogP contribution in [0.2, 0.25) is 0 Å². The second-order valence-electron chi connectivity index (χ2n) is 10.3. The van der Waals surface area contributed by atoms with Gasteiger partial charge in [-0.05, 0) is 63.3 Å². The molecule has 2 aliphatic rings. The Bertz CT molecular complexity index is 1290. The molecule has 1 heterocycles. The maximum atomic E-state index is 14.0. The minimum Gasteiger partial charge on any atom is -0.493 e. The number of unbranched alkanes of at least 4 members (excludes halogenated alkanes) is 1. The summed E-state index contributed by atoms with van der Waals surface area (Å²) >= 11 is 0. The maximum absolute atomic E-state index is 14.0. The molecule has 2 atom stereocenters. The van der Waals surface area contributed by atoms with Crippen LogP contribution in [0, 0.1) is 0 Å². The number of Topliss-reactive ketones (excluding diaryl/α,β-unsaturated/α-hetero) is 1. The zero-order valence-electron chi connectivity index (χ0n) is 23.8. The van der Waals surface area contributed by atoms with Crippen LogP contribution < -0.4 is 19.5 Å². The third-order valence-corrected chi connectivity index (χ3v) is 7.25. The van der Waals surface area contributed by atoms with Gasteiger partial charge in [0, 0.05) is 29.0 Å². The Hall–Kier alpha value is -3.74. The molecule has 4 rings (SSSR count). The number of nitrogens with one attached hydrogen (secondary N) is 1. The summed E-state index contributed by atoms with van der Waals surface area (Å²) in [6.45, 7) is 8.19. The summed E-state index contributed by atoms with van der Waals surface area (Å²) in [6, 6.07) is 13.5. The predicted octanol–water partition coefficient (Wildman–Crippen LogP) is 6.20. The van der Waals surface area contributed by atoms with Gasteiger partial charge in [-0.25, -0.2) is 4.79 Å². The molecule has 0 spiro atoms. The van der Waals surface area contributed by atoms with Crippen LogP contribution in [-0.4, -0.2) is 38.7 Å². The third-order valence-electron chi connectivity index (χ3n) is 7.25. The fourth-order valence-corrected chi connectivity index (χ4v) is 5.43. The van der Waals surface area contributed by atoms with Gasteiger partial charge < -0.3 is 24.3 Å². The van der Waals surface area contributed by atoms with E-state index in [0.717, 1.165) is 29.7 Å². The summed E-state index contributed by atoms with van der Waals surface area (Å²) in [5.74, 6) is 0.906. The van der Waals surface area contributed by atoms with Crippen molar-refractivity contribution in [1.29, 1.82) is 0 Å². The Morgan fingerprint density at radius 3 is 2.46 bits per heavy atom. The quantitative estimate of drug-likeness (QED) is 0.288. The number of hydrogen-bond donors (Lipinski definition) is 1. The number of carbonyl (C=O) groups is 2. The molecule has 0 radical (unpaired) electrons. The maximum Gasteiger partial charge on any atom is 0.336 e. The molecule has 0 amide bonds. The summed E-state index contributed by atoms with van der Waals surface area (Å²) in [5.41, 5.74) is 4.39. The van der Waals surface area contributed by atoms with E-state index < -0.39 is 11.9 Å². The lowest BCUT2D eigenvalue weighted by Gasteiger charge is -2.37. The molecule has 0 aromatic heterocycles. The lowest BCUT2D eigenvalue weighted by Crippen LogP contribution is -2.36. The van der Waals surface area contributed by atoms with E-state index in [1.807, 2.05) is 63.2 Å². The molecule has 39 heavy (non-hydrogen) atoms. The normalized spacial score (nSPS) is 19.0. The highest BCUT2D eigenvalue weighted by Crippen LogP contribution is 2.48. The van der Waals surface area contributed by atoms with Crippen molar-refractivity contribution in [3.05, 3.63) is 76.1 Å². The van der Waals surface area contributed by atoms with Crippen LogP contribution in [0.15, 0.2) is 65.0 Å². The van der Waals surface area contributed by atoms with Crippen molar-refractivity contribution in [2.75, 3.05) is 20.8 Å². The molecule has 0 bridgehead atoms. The molecule has 1 N–H and O–H groups in total. The van der Waals surface area contributed by atoms with E-state index >= 15 is 0 Å². The number of methoxy groups -OCH3 is 2. The first-order valence-electron chi connectivity index (χ1n) is 13.7. The van der Waals surface area contributed by atoms with Gasteiger partial charge in [0.15, 0.2) is 17.3 Å². The minimum absolute atomic E-state index is 0.000701. The SMILES string of the molecule is CCCCOC(=O)C1=C(C)NC2=C(C(=O)C[C@H](c3ccc(OC)c(OC)c3)C2)[C@H]1c1ccccc1OC(C)C. The zero-order chi connectivity index (χ0) is 28.1. The molecule has 7 heteroatoms. The van der Waals surface area contributed by atoms with Crippen LogP contribution in [0.5, 0.6) is 17.2 Å². The van der Waals surface area contributed by atoms with Crippen LogP contribution in [0.3, 0.4) is 0 Å². The van der Waals surface area contributed by atoms with E-state index in [9.17, 15) is 9.59 Å². The summed E-state index contributed by atoms with van der Waals surface area (Å²) in [7, 11) is 3.21. The van der Waals surface area contributed by atoms with Crippen LogP contribution >= 0.6 is 0 Å². The molecule has 1 aliphatic heterocycles. The number of carbonyl (C=O) groups excluding carboxylic acids is 2. The molecule has 0 unspecified atom stereocenters. The second-order valence-corrected chi connectivity index (χ2v) is 10.3. The molecular weight excluding hydrogens is 494 g/mol. The number of rotatable bonds is 10. The van der Waals surface area contributed by atoms with Crippen molar-refractivity contribution in [3.8, 4) is 17.2 Å². The number of allylic oxidation sites excluding steroid dienone is 3. The highest BCUT2D eigenvalue weighted by atomic mass is 16.5. The van der Waals surface area contributed by atoms with Crippen LogP contribution in [0.25, 0.3) is 0 Å². The molecule has 0 fully saturated rings. The highest BCUT2D eigenvalue weighted by Gasteiger charge is 2.42. The van der Waals surface area contributed by atoms with Gasteiger partial charge in [-0.1, -0.05) is 37.6 Å². The standard InChI is InChI=1S/C32H39NO6/c1-7-8-15-38-32(35)29-20(4)33-24-16-22(21-13-14-27(36-5)28(18-21)37-6)17-25(34)31(24)30(29)23-11-9-10-12-26(23)39-19(2)3/h9-14,18-19,22,30,33H,7-8,15-17H2,1-6H3/t22-,30+/m1/s1. The second kappa shape index (κ2) is 12.4. The minimum atomic E-state index is -0.579. The Morgan fingerprint density at radius 1 is 1.03 bits per heavy atom. The van der Waals surface area contributed by atoms with E-state index in [1.165, 1.54) is 0 Å². The van der Waals surface area contributed by atoms with Gasteiger partial charge in [-0.15, -0.1) is 0 Å². The number of hydrogen-bond acceptors (Lipinski definition) is 7. The summed E-state index contributed by atoms with van der Waals surface area (Å²) < 4.78 is 22.7. The van der Waals surface area contributed by atoms with Gasteiger partial charge in [0.1, 0.15) is 5.75 Å². The van der Waals surface area contributed by atoms with Crippen LogP contribution in [0.4, 0.5) is 0 Å². The van der Waals surface area contributed by atoms with E-state index in [4.69, 9.17) is 18.9 Å². The lowest BCUT2D eigenvalue weighted by atomic mass is 9.71. The number of para-hydroxylation sites is 1. The number of ketones is 1. The van der Waals surface area contributed by atoms with Gasteiger partial charge in [0.25, 0.3) is 0 Å². The largest absolute Gasteiger partial charge is 0.493 e. The van der Waals surface area contributed by atoms with Crippen molar-refractivity contribution < 1.29 is 28.5 Å². The molecule has 0 saturated carbocycles. The lowest BCUT2D eigenvalue weighted by molar-refractivity contribution is -0.139. The molecular formula is C32H39NO6. The Kier molecular flexibility index (Phi) is 9.00. The molecule has 1 aliphatic carbocycles. The van der Waals surface area contributed by atoms with Crippen molar-refractivity contribution in [3.63, 3.8) is 0 Å². The van der Waals surface area contributed by atoms with E-state index in [1.54, 1.807) is 14.2 Å². The van der Waals surface area contributed by atoms with Gasteiger partial charge in [0.05, 0.1) is 38.4 Å². The molecule has 2 aromatic carbocycles. The molecule has 2 aromatic rings. The average Bonchev–Trinajstić information content (AvgIpc) is 2.91. The fraction of sp³-hybridized carbons (Fsp3) is 0.438. The number of benzene rings is 2. The molecule has 7 nitrogen and oxygen atoms in total. The first-order chi connectivity index (χ1) is 18.8. The number of dihydropyridines is 1. The van der Waals surface area contributed by atoms with Crippen LogP contribution in [-0.2, 0) is 14.3 Å². The number of ether oxygens (including phenoxy) is 4. The van der Waals surface area contributed by atoms with Gasteiger partial charge in [0.2, 0.25) is 0 Å².